The van der Waals surface area contributed by atoms with E-state index < -0.39 is 0 Å². The molecule has 3 rings (SSSR count). The van der Waals surface area contributed by atoms with Crippen LogP contribution in [0.4, 0.5) is 5.13 Å². The van der Waals surface area contributed by atoms with Gasteiger partial charge in [0.1, 0.15) is 5.01 Å². The molecule has 0 saturated heterocycles. The predicted octanol–water partition coefficient (Wildman–Crippen LogP) is 4.14. The lowest BCUT2D eigenvalue weighted by molar-refractivity contribution is -0.119. The third-order valence-electron chi connectivity index (χ3n) is 3.35. The second-order valence-electron chi connectivity index (χ2n) is 5.89. The molecule has 0 spiro atoms. The summed E-state index contributed by atoms with van der Waals surface area (Å²) in [4.78, 5) is 25.3. The lowest BCUT2D eigenvalue weighted by Crippen LogP contribution is -2.31. The molecule has 3 aromatic rings. The summed E-state index contributed by atoms with van der Waals surface area (Å²) < 4.78 is 0. The minimum atomic E-state index is -0.268. The summed E-state index contributed by atoms with van der Waals surface area (Å²) in [5.41, 5.74) is 1.50. The molecule has 0 aliphatic rings. The Morgan fingerprint density at radius 3 is 2.74 bits per heavy atom. The Hall–Kier alpha value is -2.23. The Morgan fingerprint density at radius 1 is 1.19 bits per heavy atom. The van der Waals surface area contributed by atoms with E-state index in [0.717, 1.165) is 15.5 Å². The number of carbonyl (C=O) groups is 2. The summed E-state index contributed by atoms with van der Waals surface area (Å²) in [6.07, 6.45) is 0. The van der Waals surface area contributed by atoms with Gasteiger partial charge in [-0.2, -0.15) is 11.3 Å². The quantitative estimate of drug-likeness (QED) is 0.564. The first-order chi connectivity index (χ1) is 13.0. The summed E-state index contributed by atoms with van der Waals surface area (Å²) in [6.45, 7) is 3.83. The lowest BCUT2D eigenvalue weighted by Gasteiger charge is -2.10. The van der Waals surface area contributed by atoms with Crippen LogP contribution in [0.5, 0.6) is 0 Å². The summed E-state index contributed by atoms with van der Waals surface area (Å²) >= 11 is 4.25. The first-order valence-corrected chi connectivity index (χ1v) is 11.0. The highest BCUT2D eigenvalue weighted by molar-refractivity contribution is 8.00. The molecule has 0 bridgehead atoms. The van der Waals surface area contributed by atoms with Gasteiger partial charge in [-0.1, -0.05) is 23.5 Å². The molecule has 2 heterocycles. The van der Waals surface area contributed by atoms with Crippen molar-refractivity contribution in [3.8, 4) is 10.6 Å². The molecule has 0 unspecified atom stereocenters. The Bertz CT molecular complexity index is 922. The van der Waals surface area contributed by atoms with E-state index in [0.29, 0.717) is 10.7 Å². The lowest BCUT2D eigenvalue weighted by atomic mass is 10.2. The van der Waals surface area contributed by atoms with Crippen LogP contribution < -0.4 is 10.6 Å². The Kier molecular flexibility index (Phi) is 6.59. The number of benzene rings is 1. The third-order valence-corrected chi connectivity index (χ3v) is 6.00. The van der Waals surface area contributed by atoms with Gasteiger partial charge in [0.15, 0.2) is 0 Å². The molecule has 27 heavy (non-hydrogen) atoms. The van der Waals surface area contributed by atoms with E-state index in [1.54, 1.807) is 23.5 Å². The topological polar surface area (TPSA) is 84.0 Å². The van der Waals surface area contributed by atoms with Crippen molar-refractivity contribution in [2.24, 2.45) is 0 Å². The number of hydrogen-bond acceptors (Lipinski definition) is 7. The standard InChI is InChI=1S/C18H18N4O2S3/c1-11(2)19-15(23)10-26-14-6-4-3-5-13(14)16(24)20-18-22-21-17(27-18)12-7-8-25-9-12/h3-9,11H,10H2,1-2H3,(H,19,23)(H,20,22,24). The fourth-order valence-electron chi connectivity index (χ4n) is 2.23. The van der Waals surface area contributed by atoms with Gasteiger partial charge in [0.25, 0.3) is 5.91 Å². The fourth-order valence-corrected chi connectivity index (χ4v) is 4.54. The first-order valence-electron chi connectivity index (χ1n) is 8.21. The van der Waals surface area contributed by atoms with Gasteiger partial charge >= 0.3 is 0 Å². The Morgan fingerprint density at radius 2 is 2.00 bits per heavy atom. The minimum Gasteiger partial charge on any atom is -0.353 e. The molecule has 1 aromatic carbocycles. The van der Waals surface area contributed by atoms with Gasteiger partial charge < -0.3 is 5.32 Å². The van der Waals surface area contributed by atoms with Gasteiger partial charge in [-0.3, -0.25) is 14.9 Å². The van der Waals surface area contributed by atoms with Gasteiger partial charge in [-0.15, -0.1) is 22.0 Å². The SMILES string of the molecule is CC(C)NC(=O)CSc1ccccc1C(=O)Nc1nnc(-c2ccsc2)s1. The molecule has 9 heteroatoms. The van der Waals surface area contributed by atoms with Crippen molar-refractivity contribution < 1.29 is 9.59 Å². The number of nitrogens with zero attached hydrogens (tertiary/aromatic N) is 2. The van der Waals surface area contributed by atoms with Gasteiger partial charge in [0, 0.05) is 21.9 Å². The predicted molar refractivity (Wildman–Crippen MR) is 112 cm³/mol. The molecular formula is C18H18N4O2S3. The van der Waals surface area contributed by atoms with Crippen LogP contribution >= 0.6 is 34.4 Å². The molecule has 6 nitrogen and oxygen atoms in total. The van der Waals surface area contributed by atoms with Crippen LogP contribution in [0.15, 0.2) is 46.0 Å². The van der Waals surface area contributed by atoms with Crippen molar-refractivity contribution >= 4 is 51.4 Å². The zero-order valence-electron chi connectivity index (χ0n) is 14.8. The maximum atomic E-state index is 12.7. The molecule has 0 saturated carbocycles. The maximum Gasteiger partial charge on any atom is 0.258 e. The molecule has 0 aliphatic heterocycles. The molecule has 140 valence electrons. The van der Waals surface area contributed by atoms with Crippen LogP contribution in [0.1, 0.15) is 24.2 Å². The van der Waals surface area contributed by atoms with Gasteiger partial charge in [-0.25, -0.2) is 0 Å². The highest BCUT2D eigenvalue weighted by atomic mass is 32.2. The van der Waals surface area contributed by atoms with Crippen molar-refractivity contribution in [1.29, 1.82) is 0 Å². The van der Waals surface area contributed by atoms with Crippen LogP contribution in [-0.2, 0) is 4.79 Å². The van der Waals surface area contributed by atoms with Crippen LogP contribution in [0.3, 0.4) is 0 Å². The van der Waals surface area contributed by atoms with Gasteiger partial charge in [0.2, 0.25) is 11.0 Å². The number of carbonyl (C=O) groups excluding carboxylic acids is 2. The number of amides is 2. The highest BCUT2D eigenvalue weighted by Gasteiger charge is 2.16. The third kappa shape index (κ3) is 5.38. The maximum absolute atomic E-state index is 12.7. The van der Waals surface area contributed by atoms with E-state index in [1.807, 2.05) is 42.8 Å². The Labute approximate surface area is 169 Å². The number of nitrogens with one attached hydrogen (secondary N) is 2. The number of aromatic nitrogens is 2. The number of rotatable bonds is 7. The molecule has 2 aromatic heterocycles. The molecule has 0 radical (unpaired) electrons. The summed E-state index contributed by atoms with van der Waals surface area (Å²) in [7, 11) is 0. The average molecular weight is 419 g/mol. The van der Waals surface area contributed by atoms with E-state index in [4.69, 9.17) is 0 Å². The monoisotopic (exact) mass is 418 g/mol. The molecule has 0 fully saturated rings. The smallest absolute Gasteiger partial charge is 0.258 e. The van der Waals surface area contributed by atoms with Crippen molar-refractivity contribution in [2.75, 3.05) is 11.1 Å². The van der Waals surface area contributed by atoms with Crippen molar-refractivity contribution in [1.82, 2.24) is 15.5 Å². The Balaban J connectivity index is 1.67. The van der Waals surface area contributed by atoms with Crippen LogP contribution in [0.2, 0.25) is 0 Å². The minimum absolute atomic E-state index is 0.0604. The normalized spacial score (nSPS) is 10.8. The zero-order chi connectivity index (χ0) is 19.2. The zero-order valence-corrected chi connectivity index (χ0v) is 17.2. The molecular weight excluding hydrogens is 400 g/mol. The van der Waals surface area contributed by atoms with E-state index in [-0.39, 0.29) is 23.6 Å². The summed E-state index contributed by atoms with van der Waals surface area (Å²) in [5, 5.41) is 19.0. The van der Waals surface area contributed by atoms with Crippen LogP contribution in [-0.4, -0.2) is 33.8 Å². The number of thioether (sulfide) groups is 1. The largest absolute Gasteiger partial charge is 0.353 e. The van der Waals surface area contributed by atoms with Crippen molar-refractivity contribution in [3.63, 3.8) is 0 Å². The number of anilines is 1. The summed E-state index contributed by atoms with van der Waals surface area (Å²) in [6, 6.07) is 9.26. The van der Waals surface area contributed by atoms with Crippen LogP contribution in [0, 0.1) is 0 Å². The van der Waals surface area contributed by atoms with Crippen molar-refractivity contribution in [2.45, 2.75) is 24.8 Å². The number of thiophene rings is 1. The molecule has 0 atom stereocenters. The van der Waals surface area contributed by atoms with Gasteiger partial charge in [-0.05, 0) is 37.4 Å². The summed E-state index contributed by atoms with van der Waals surface area (Å²) in [5.74, 6) is -0.0750. The van der Waals surface area contributed by atoms with E-state index in [9.17, 15) is 9.59 Å². The average Bonchev–Trinajstić information content (AvgIpc) is 3.31. The van der Waals surface area contributed by atoms with E-state index >= 15 is 0 Å². The second-order valence-corrected chi connectivity index (χ2v) is 8.66. The van der Waals surface area contributed by atoms with Gasteiger partial charge in [0.05, 0.1) is 11.3 Å². The molecule has 2 amide bonds. The fraction of sp³-hybridized carbons (Fsp3) is 0.222. The van der Waals surface area contributed by atoms with E-state index in [1.165, 1.54) is 23.1 Å². The molecule has 2 N–H and O–H groups in total. The highest BCUT2D eigenvalue weighted by Crippen LogP contribution is 2.29. The molecule has 0 aliphatic carbocycles. The number of hydrogen-bond donors (Lipinski definition) is 2. The van der Waals surface area contributed by atoms with Crippen LogP contribution in [0.25, 0.3) is 10.6 Å². The van der Waals surface area contributed by atoms with Crippen molar-refractivity contribution in [3.05, 3.63) is 46.7 Å². The first kappa shape index (κ1) is 19.5. The van der Waals surface area contributed by atoms with E-state index in [2.05, 4.69) is 20.8 Å². The second kappa shape index (κ2) is 9.12.